The molecule has 0 spiro atoms. The van der Waals surface area contributed by atoms with Crippen molar-refractivity contribution in [1.82, 2.24) is 0 Å². The van der Waals surface area contributed by atoms with Gasteiger partial charge in [0.15, 0.2) is 4.32 Å². The largest absolute Gasteiger partial charge is 0.423 e. The SMILES string of the molecule is O=C(Oc1ccc(/C=C2/SC(=S)N(c3cccc(Cl)c3)C2=O)cc1)c1ccc([N+](=O)[O-])cc1. The number of hydrogen-bond acceptors (Lipinski definition) is 7. The number of benzene rings is 3. The van der Waals surface area contributed by atoms with Crippen LogP contribution >= 0.6 is 35.6 Å². The summed E-state index contributed by atoms with van der Waals surface area (Å²) in [5.41, 5.74) is 1.39. The van der Waals surface area contributed by atoms with Crippen molar-refractivity contribution in [3.8, 4) is 5.75 Å². The number of nitro benzene ring substituents is 1. The zero-order valence-corrected chi connectivity index (χ0v) is 19.0. The molecule has 1 fully saturated rings. The number of esters is 1. The number of anilines is 1. The Labute approximate surface area is 202 Å². The zero-order chi connectivity index (χ0) is 23.5. The van der Waals surface area contributed by atoms with Crippen molar-refractivity contribution < 1.29 is 19.2 Å². The fourth-order valence-electron chi connectivity index (χ4n) is 2.97. The average Bonchev–Trinajstić information content (AvgIpc) is 3.07. The number of thioether (sulfide) groups is 1. The van der Waals surface area contributed by atoms with Crippen molar-refractivity contribution in [3.05, 3.63) is 104 Å². The minimum Gasteiger partial charge on any atom is -0.423 e. The molecule has 10 heteroatoms. The molecule has 33 heavy (non-hydrogen) atoms. The molecule has 0 bridgehead atoms. The summed E-state index contributed by atoms with van der Waals surface area (Å²) in [6.45, 7) is 0. The molecule has 3 aromatic rings. The van der Waals surface area contributed by atoms with Gasteiger partial charge < -0.3 is 4.74 Å². The Morgan fingerprint density at radius 3 is 2.42 bits per heavy atom. The smallest absolute Gasteiger partial charge is 0.343 e. The van der Waals surface area contributed by atoms with Crippen LogP contribution in [0.3, 0.4) is 0 Å². The molecule has 0 aromatic heterocycles. The molecule has 1 amide bonds. The molecule has 0 aliphatic carbocycles. The Kier molecular flexibility index (Phi) is 6.55. The van der Waals surface area contributed by atoms with Crippen LogP contribution in [-0.4, -0.2) is 21.1 Å². The molecular weight excluding hydrogens is 484 g/mol. The lowest BCUT2D eigenvalue weighted by Crippen LogP contribution is -2.27. The summed E-state index contributed by atoms with van der Waals surface area (Å²) in [7, 11) is 0. The van der Waals surface area contributed by atoms with E-state index >= 15 is 0 Å². The summed E-state index contributed by atoms with van der Waals surface area (Å²) in [5, 5.41) is 11.2. The van der Waals surface area contributed by atoms with E-state index in [0.717, 1.165) is 5.56 Å². The first-order chi connectivity index (χ1) is 15.8. The minimum atomic E-state index is -0.639. The molecule has 7 nitrogen and oxygen atoms in total. The maximum Gasteiger partial charge on any atom is 0.343 e. The van der Waals surface area contributed by atoms with Gasteiger partial charge in [-0.1, -0.05) is 53.8 Å². The number of hydrogen-bond donors (Lipinski definition) is 0. The van der Waals surface area contributed by atoms with Gasteiger partial charge in [-0.15, -0.1) is 0 Å². The van der Waals surface area contributed by atoms with Gasteiger partial charge in [0.1, 0.15) is 5.75 Å². The average molecular weight is 497 g/mol. The molecule has 1 aliphatic rings. The summed E-state index contributed by atoms with van der Waals surface area (Å²) in [5.74, 6) is -0.594. The fourth-order valence-corrected chi connectivity index (χ4v) is 4.46. The second-order valence-electron chi connectivity index (χ2n) is 6.76. The lowest BCUT2D eigenvalue weighted by atomic mass is 10.2. The standard InChI is InChI=1S/C23H13ClN2O5S2/c24-16-2-1-3-18(13-16)25-21(27)20(33-23(25)32)12-14-4-10-19(11-5-14)31-22(28)15-6-8-17(9-7-15)26(29)30/h1-13H/b20-12+. The Morgan fingerprint density at radius 1 is 1.09 bits per heavy atom. The summed E-state index contributed by atoms with van der Waals surface area (Å²) < 4.78 is 5.71. The van der Waals surface area contributed by atoms with Crippen molar-refractivity contribution in [2.75, 3.05) is 4.90 Å². The topological polar surface area (TPSA) is 89.8 Å². The third-order valence-electron chi connectivity index (χ3n) is 4.56. The number of ether oxygens (including phenoxy) is 1. The third kappa shape index (κ3) is 5.11. The monoisotopic (exact) mass is 496 g/mol. The predicted molar refractivity (Wildman–Crippen MR) is 132 cm³/mol. The van der Waals surface area contributed by atoms with Gasteiger partial charge in [0.2, 0.25) is 0 Å². The van der Waals surface area contributed by atoms with E-state index in [1.807, 2.05) is 0 Å². The van der Waals surface area contributed by atoms with Crippen molar-refractivity contribution in [1.29, 1.82) is 0 Å². The Morgan fingerprint density at radius 2 is 1.79 bits per heavy atom. The van der Waals surface area contributed by atoms with E-state index in [-0.39, 0.29) is 17.2 Å². The summed E-state index contributed by atoms with van der Waals surface area (Å²) in [6.07, 6.45) is 1.70. The highest BCUT2D eigenvalue weighted by Crippen LogP contribution is 2.36. The summed E-state index contributed by atoms with van der Waals surface area (Å²) >= 11 is 12.6. The van der Waals surface area contributed by atoms with E-state index in [4.69, 9.17) is 28.6 Å². The lowest BCUT2D eigenvalue weighted by Gasteiger charge is -2.14. The molecule has 1 aliphatic heterocycles. The van der Waals surface area contributed by atoms with Crippen LogP contribution in [0.15, 0.2) is 77.7 Å². The summed E-state index contributed by atoms with van der Waals surface area (Å²) in [6, 6.07) is 18.6. The Bertz CT molecular complexity index is 1310. The van der Waals surface area contributed by atoms with Crippen LogP contribution in [0, 0.1) is 10.1 Å². The van der Waals surface area contributed by atoms with Crippen molar-refractivity contribution in [2.45, 2.75) is 0 Å². The normalized spacial score (nSPS) is 14.6. The van der Waals surface area contributed by atoms with Gasteiger partial charge in [-0.2, -0.15) is 0 Å². The van der Waals surface area contributed by atoms with Gasteiger partial charge in [0.25, 0.3) is 11.6 Å². The number of carbonyl (C=O) groups is 2. The first-order valence-electron chi connectivity index (χ1n) is 9.42. The van der Waals surface area contributed by atoms with Gasteiger partial charge in [-0.05, 0) is 54.1 Å². The predicted octanol–water partition coefficient (Wildman–Crippen LogP) is 5.87. The van der Waals surface area contributed by atoms with Crippen LogP contribution in [0.1, 0.15) is 15.9 Å². The molecule has 164 valence electrons. The maximum atomic E-state index is 12.9. The second kappa shape index (κ2) is 9.53. The van der Waals surface area contributed by atoms with Crippen LogP contribution < -0.4 is 9.64 Å². The number of carbonyl (C=O) groups excluding carboxylic acids is 2. The maximum absolute atomic E-state index is 12.9. The number of nitrogens with zero attached hydrogens (tertiary/aromatic N) is 2. The third-order valence-corrected chi connectivity index (χ3v) is 6.10. The molecule has 0 unspecified atom stereocenters. The van der Waals surface area contributed by atoms with Gasteiger partial charge >= 0.3 is 5.97 Å². The second-order valence-corrected chi connectivity index (χ2v) is 8.87. The van der Waals surface area contributed by atoms with E-state index < -0.39 is 10.9 Å². The van der Waals surface area contributed by atoms with Crippen LogP contribution in [0.25, 0.3) is 6.08 Å². The minimum absolute atomic E-state index is 0.114. The first kappa shape index (κ1) is 22.7. The van der Waals surface area contributed by atoms with Crippen molar-refractivity contribution in [2.24, 2.45) is 0 Å². The number of amides is 1. The fraction of sp³-hybridized carbons (Fsp3) is 0. The molecule has 0 atom stereocenters. The number of rotatable bonds is 5. The van der Waals surface area contributed by atoms with E-state index in [9.17, 15) is 19.7 Å². The van der Waals surface area contributed by atoms with Crippen LogP contribution in [0.2, 0.25) is 5.02 Å². The van der Waals surface area contributed by atoms with E-state index in [1.54, 1.807) is 54.6 Å². The molecule has 1 heterocycles. The molecule has 1 saturated heterocycles. The van der Waals surface area contributed by atoms with Crippen LogP contribution in [0.5, 0.6) is 5.75 Å². The van der Waals surface area contributed by atoms with Gasteiger partial charge in [0.05, 0.1) is 21.1 Å². The Hall–Kier alpha value is -3.53. The summed E-state index contributed by atoms with van der Waals surface area (Å²) in [4.78, 5) is 37.2. The molecule has 3 aromatic carbocycles. The van der Waals surface area contributed by atoms with E-state index in [0.29, 0.717) is 25.7 Å². The highest BCUT2D eigenvalue weighted by molar-refractivity contribution is 8.27. The van der Waals surface area contributed by atoms with Crippen molar-refractivity contribution in [3.63, 3.8) is 0 Å². The zero-order valence-electron chi connectivity index (χ0n) is 16.6. The number of halogens is 1. The van der Waals surface area contributed by atoms with E-state index in [2.05, 4.69) is 0 Å². The molecule has 0 N–H and O–H groups in total. The quantitative estimate of drug-likeness (QED) is 0.109. The van der Waals surface area contributed by atoms with Crippen molar-refractivity contribution >= 4 is 69.2 Å². The molecule has 4 rings (SSSR count). The first-order valence-corrected chi connectivity index (χ1v) is 11.0. The number of thiocarbonyl (C=S) groups is 1. The molecule has 0 saturated carbocycles. The van der Waals surface area contributed by atoms with Crippen LogP contribution in [0.4, 0.5) is 11.4 Å². The number of non-ortho nitro benzene ring substituents is 1. The van der Waals surface area contributed by atoms with Gasteiger partial charge in [0, 0.05) is 17.2 Å². The van der Waals surface area contributed by atoms with Gasteiger partial charge in [-0.25, -0.2) is 4.79 Å². The highest BCUT2D eigenvalue weighted by atomic mass is 35.5. The lowest BCUT2D eigenvalue weighted by molar-refractivity contribution is -0.384. The molecule has 0 radical (unpaired) electrons. The molecular formula is C23H13ClN2O5S2. The number of nitro groups is 1. The highest BCUT2D eigenvalue weighted by Gasteiger charge is 2.33. The van der Waals surface area contributed by atoms with Gasteiger partial charge in [-0.3, -0.25) is 19.8 Å². The Balaban J connectivity index is 1.46. The van der Waals surface area contributed by atoms with Crippen LogP contribution in [-0.2, 0) is 4.79 Å². The van der Waals surface area contributed by atoms with E-state index in [1.165, 1.54) is 40.9 Å².